The van der Waals surface area contributed by atoms with E-state index in [2.05, 4.69) is 68.5 Å². The zero-order chi connectivity index (χ0) is 23.9. The van der Waals surface area contributed by atoms with Crippen molar-refractivity contribution in [3.63, 3.8) is 0 Å². The molecule has 1 fully saturated rings. The van der Waals surface area contributed by atoms with Crippen molar-refractivity contribution in [2.24, 2.45) is 0 Å². The lowest BCUT2D eigenvalue weighted by atomic mass is 10.0. The normalized spacial score (nSPS) is 15.3. The Morgan fingerprint density at radius 3 is 2.69 bits per heavy atom. The van der Waals surface area contributed by atoms with Gasteiger partial charge in [0, 0.05) is 51.9 Å². The fourth-order valence-electron chi connectivity index (χ4n) is 4.87. The van der Waals surface area contributed by atoms with Gasteiger partial charge < -0.3 is 5.32 Å². The van der Waals surface area contributed by atoms with E-state index in [0.717, 1.165) is 59.7 Å². The summed E-state index contributed by atoms with van der Waals surface area (Å²) in [4.78, 5) is 8.89. The molecule has 0 aliphatic carbocycles. The summed E-state index contributed by atoms with van der Waals surface area (Å²) in [6.07, 6.45) is 3.95. The van der Waals surface area contributed by atoms with Crippen LogP contribution in [-0.2, 0) is 6.54 Å². The van der Waals surface area contributed by atoms with Gasteiger partial charge in [-0.2, -0.15) is 9.61 Å². The predicted molar refractivity (Wildman–Crippen MR) is 150 cm³/mol. The summed E-state index contributed by atoms with van der Waals surface area (Å²) in [5.74, 6) is 0.939. The number of thiophene rings is 1. The molecule has 0 radical (unpaired) electrons. The van der Waals surface area contributed by atoms with Crippen molar-refractivity contribution >= 4 is 60.4 Å². The van der Waals surface area contributed by atoms with Crippen LogP contribution in [0.4, 0.5) is 5.82 Å². The van der Waals surface area contributed by atoms with Gasteiger partial charge in [0.2, 0.25) is 0 Å². The zero-order valence-corrected chi connectivity index (χ0v) is 22.5. The Bertz CT molecular complexity index is 1520. The fourth-order valence-corrected chi connectivity index (χ4v) is 6.70. The van der Waals surface area contributed by atoms with Crippen molar-refractivity contribution in [2.75, 3.05) is 18.4 Å². The number of hydrogen-bond donors (Lipinski definition) is 1. The first kappa shape index (κ1) is 23.0. The molecule has 4 heterocycles. The minimum atomic E-state index is 0.377. The van der Waals surface area contributed by atoms with Crippen molar-refractivity contribution in [3.8, 4) is 11.3 Å². The maximum atomic E-state index is 6.49. The van der Waals surface area contributed by atoms with Gasteiger partial charge in [-0.3, -0.25) is 4.90 Å². The van der Waals surface area contributed by atoms with Gasteiger partial charge in [0.25, 0.3) is 0 Å². The number of nitrogens with zero attached hydrogens (tertiary/aromatic N) is 4. The summed E-state index contributed by atoms with van der Waals surface area (Å²) in [5.41, 5.74) is 3.97. The Kier molecular flexibility index (Phi) is 6.26. The topological polar surface area (TPSA) is 45.5 Å². The van der Waals surface area contributed by atoms with Crippen LogP contribution in [0, 0.1) is 6.92 Å². The molecule has 0 amide bonds. The molecule has 0 unspecified atom stereocenters. The van der Waals surface area contributed by atoms with Crippen molar-refractivity contribution < 1.29 is 0 Å². The Balaban J connectivity index is 1.19. The lowest BCUT2D eigenvalue weighted by Gasteiger charge is -2.32. The van der Waals surface area contributed by atoms with Crippen LogP contribution in [0.2, 0.25) is 5.02 Å². The van der Waals surface area contributed by atoms with Gasteiger partial charge in [-0.25, -0.2) is 4.98 Å². The van der Waals surface area contributed by atoms with E-state index in [-0.39, 0.29) is 0 Å². The summed E-state index contributed by atoms with van der Waals surface area (Å²) >= 11 is 12.0. The van der Waals surface area contributed by atoms with Gasteiger partial charge in [0.1, 0.15) is 5.82 Å². The molecule has 1 aliphatic rings. The number of benzene rings is 2. The highest BCUT2D eigenvalue weighted by Crippen LogP contribution is 2.33. The molecule has 1 saturated heterocycles. The highest BCUT2D eigenvalue weighted by atomic mass is 79.9. The van der Waals surface area contributed by atoms with Crippen LogP contribution >= 0.6 is 38.9 Å². The first-order chi connectivity index (χ1) is 17.1. The molecular formula is C27H25BrClN5S. The number of anilines is 1. The van der Waals surface area contributed by atoms with Gasteiger partial charge in [-0.05, 0) is 58.8 Å². The second-order valence-corrected chi connectivity index (χ2v) is 11.5. The molecule has 0 spiro atoms. The minimum absolute atomic E-state index is 0.377. The third kappa shape index (κ3) is 4.47. The molecule has 1 aliphatic heterocycles. The van der Waals surface area contributed by atoms with Crippen LogP contribution in [0.3, 0.4) is 0 Å². The van der Waals surface area contributed by atoms with E-state index in [1.54, 1.807) is 6.20 Å². The van der Waals surface area contributed by atoms with Crippen LogP contribution in [0.25, 0.3) is 27.0 Å². The molecule has 1 N–H and O–H groups in total. The third-order valence-electron chi connectivity index (χ3n) is 6.83. The van der Waals surface area contributed by atoms with Crippen LogP contribution < -0.4 is 5.32 Å². The van der Waals surface area contributed by atoms with Crippen molar-refractivity contribution in [3.05, 3.63) is 80.7 Å². The second kappa shape index (κ2) is 9.54. The summed E-state index contributed by atoms with van der Waals surface area (Å²) < 4.78 is 4.12. The number of halogens is 2. The lowest BCUT2D eigenvalue weighted by molar-refractivity contribution is 0.212. The number of likely N-dealkylation sites (tertiary alicyclic amines) is 1. The van der Waals surface area contributed by atoms with E-state index >= 15 is 0 Å². The summed E-state index contributed by atoms with van der Waals surface area (Å²) in [5, 5.41) is 10.4. The Morgan fingerprint density at radius 1 is 1.11 bits per heavy atom. The number of aromatic nitrogens is 3. The molecule has 5 aromatic rings. The van der Waals surface area contributed by atoms with Crippen LogP contribution in [0.1, 0.15) is 23.3 Å². The van der Waals surface area contributed by atoms with Gasteiger partial charge in [-0.15, -0.1) is 11.3 Å². The lowest BCUT2D eigenvalue weighted by Crippen LogP contribution is -2.39. The summed E-state index contributed by atoms with van der Waals surface area (Å²) in [7, 11) is 0. The van der Waals surface area contributed by atoms with E-state index in [9.17, 15) is 0 Å². The quantitative estimate of drug-likeness (QED) is 0.241. The number of nitrogens with one attached hydrogen (secondary N) is 1. The largest absolute Gasteiger partial charge is 0.367 e. The Hall–Kier alpha value is -2.45. The average molecular weight is 567 g/mol. The maximum absolute atomic E-state index is 6.49. The van der Waals surface area contributed by atoms with Gasteiger partial charge >= 0.3 is 0 Å². The number of rotatable bonds is 5. The standard InChI is InChI=1S/C27H25BrClN5S/c1-17-19-6-3-5-9-24(19)35-25(17)16-33-12-10-18(11-13-33)31-26-14-23(20-7-2-4-8-22(20)29)32-27-21(28)15-30-34(26)27/h2-9,14-15,18,31H,10-13,16H2,1H3. The average Bonchev–Trinajstić information content (AvgIpc) is 3.40. The molecule has 8 heteroatoms. The van der Waals surface area contributed by atoms with Crippen molar-refractivity contribution in [2.45, 2.75) is 32.4 Å². The summed E-state index contributed by atoms with van der Waals surface area (Å²) in [6.45, 7) is 5.43. The van der Waals surface area contributed by atoms with Crippen molar-refractivity contribution in [1.82, 2.24) is 19.5 Å². The molecule has 178 valence electrons. The summed E-state index contributed by atoms with van der Waals surface area (Å²) in [6, 6.07) is 19.0. The minimum Gasteiger partial charge on any atom is -0.367 e. The Labute approximate surface area is 221 Å². The number of piperidine rings is 1. The number of hydrogen-bond acceptors (Lipinski definition) is 5. The van der Waals surface area contributed by atoms with Crippen LogP contribution in [0.15, 0.2) is 65.3 Å². The van der Waals surface area contributed by atoms with Gasteiger partial charge in [0.15, 0.2) is 5.65 Å². The first-order valence-corrected chi connectivity index (χ1v) is 13.8. The van der Waals surface area contributed by atoms with Crippen LogP contribution in [-0.4, -0.2) is 38.6 Å². The van der Waals surface area contributed by atoms with E-state index in [1.807, 2.05) is 40.1 Å². The molecule has 0 bridgehead atoms. The van der Waals surface area contributed by atoms with Gasteiger partial charge in [-0.1, -0.05) is 48.0 Å². The van der Waals surface area contributed by atoms with Crippen molar-refractivity contribution in [1.29, 1.82) is 0 Å². The van der Waals surface area contributed by atoms with E-state index in [4.69, 9.17) is 16.6 Å². The van der Waals surface area contributed by atoms with E-state index in [0.29, 0.717) is 11.1 Å². The Morgan fingerprint density at radius 2 is 1.89 bits per heavy atom. The second-order valence-electron chi connectivity index (χ2n) is 9.08. The van der Waals surface area contributed by atoms with E-state index in [1.165, 1.54) is 20.5 Å². The molecule has 5 nitrogen and oxygen atoms in total. The molecule has 6 rings (SSSR count). The highest BCUT2D eigenvalue weighted by molar-refractivity contribution is 9.10. The molecule has 35 heavy (non-hydrogen) atoms. The first-order valence-electron chi connectivity index (χ1n) is 11.8. The number of aryl methyl sites for hydroxylation is 1. The zero-order valence-electron chi connectivity index (χ0n) is 19.3. The van der Waals surface area contributed by atoms with Crippen LogP contribution in [0.5, 0.6) is 0 Å². The highest BCUT2D eigenvalue weighted by Gasteiger charge is 2.22. The third-order valence-corrected chi connectivity index (χ3v) is 8.97. The monoisotopic (exact) mass is 565 g/mol. The molecule has 2 aromatic carbocycles. The maximum Gasteiger partial charge on any atom is 0.172 e. The molecule has 3 aromatic heterocycles. The van der Waals surface area contributed by atoms with E-state index < -0.39 is 0 Å². The SMILES string of the molecule is Cc1c(CN2CCC(Nc3cc(-c4ccccc4Cl)nc4c(Br)cnn34)CC2)sc2ccccc12. The fraction of sp³-hybridized carbons (Fsp3) is 0.259. The molecule has 0 saturated carbocycles. The molecule has 0 atom stereocenters. The number of fused-ring (bicyclic) bond motifs is 2. The smallest absolute Gasteiger partial charge is 0.172 e. The molecular weight excluding hydrogens is 542 g/mol. The van der Waals surface area contributed by atoms with Gasteiger partial charge in [0.05, 0.1) is 16.4 Å². The predicted octanol–water partition coefficient (Wildman–Crippen LogP) is 7.41.